The number of hydrogen-bond donors (Lipinski definition) is 0. The van der Waals surface area contributed by atoms with Gasteiger partial charge >= 0.3 is 0 Å². The second-order valence-corrected chi connectivity index (χ2v) is 8.41. The number of allylic oxidation sites excluding steroid dienone is 2. The Labute approximate surface area is 146 Å². The van der Waals surface area contributed by atoms with Crippen LogP contribution in [0.2, 0.25) is 0 Å². The van der Waals surface area contributed by atoms with Crippen LogP contribution in [-0.2, 0) is 5.41 Å². The van der Waals surface area contributed by atoms with Crippen molar-refractivity contribution in [2.24, 2.45) is 5.92 Å². The summed E-state index contributed by atoms with van der Waals surface area (Å²) in [6, 6.07) is 16.0. The Morgan fingerprint density at radius 1 is 1.00 bits per heavy atom. The number of hydrogen-bond acceptors (Lipinski definition) is 0. The van der Waals surface area contributed by atoms with Crippen molar-refractivity contribution in [1.82, 2.24) is 0 Å². The first-order chi connectivity index (χ1) is 10.6. The molecule has 2 aliphatic rings. The summed E-state index contributed by atoms with van der Waals surface area (Å²) in [5, 5.41) is 0. The molecular formula is C21H21I. The molecule has 1 heteroatoms. The summed E-state index contributed by atoms with van der Waals surface area (Å²) in [5.41, 5.74) is 6.07. The lowest BCUT2D eigenvalue weighted by Gasteiger charge is -2.31. The maximum absolute atomic E-state index is 2.47. The van der Waals surface area contributed by atoms with Crippen LogP contribution in [0.1, 0.15) is 43.7 Å². The van der Waals surface area contributed by atoms with Crippen LogP contribution in [0.3, 0.4) is 0 Å². The molecule has 112 valence electrons. The van der Waals surface area contributed by atoms with E-state index in [0.717, 1.165) is 5.92 Å². The average Bonchev–Trinajstić information content (AvgIpc) is 2.77. The summed E-state index contributed by atoms with van der Waals surface area (Å²) in [5.74, 6) is 1.39. The molecule has 2 unspecified atom stereocenters. The molecule has 0 spiro atoms. The molecule has 2 atom stereocenters. The quantitative estimate of drug-likeness (QED) is 0.389. The van der Waals surface area contributed by atoms with E-state index < -0.39 is 0 Å². The summed E-state index contributed by atoms with van der Waals surface area (Å²) in [7, 11) is 0. The fraction of sp³-hybridized carbons (Fsp3) is 0.333. The van der Waals surface area contributed by atoms with Gasteiger partial charge in [0.1, 0.15) is 0 Å². The number of rotatable bonds is 1. The summed E-state index contributed by atoms with van der Waals surface area (Å²) in [6.07, 6.45) is 7.39. The molecule has 0 amide bonds. The Balaban J connectivity index is 1.83. The molecule has 2 aromatic rings. The normalized spacial score (nSPS) is 24.9. The SMILES string of the molecule is CC1(C)c2cc(-c3ccc(I)cc3)ccc2C2CCC=CC21. The lowest BCUT2D eigenvalue weighted by Crippen LogP contribution is -2.25. The maximum Gasteiger partial charge on any atom is 0.0130 e. The van der Waals surface area contributed by atoms with E-state index in [1.54, 1.807) is 11.1 Å². The van der Waals surface area contributed by atoms with E-state index in [9.17, 15) is 0 Å². The Hall–Kier alpha value is -1.09. The van der Waals surface area contributed by atoms with Crippen LogP contribution in [0.15, 0.2) is 54.6 Å². The van der Waals surface area contributed by atoms with Crippen LogP contribution in [-0.4, -0.2) is 0 Å². The molecule has 0 bridgehead atoms. The van der Waals surface area contributed by atoms with Gasteiger partial charge in [0.15, 0.2) is 0 Å². The largest absolute Gasteiger partial charge is 0.0882 e. The first-order valence-electron chi connectivity index (χ1n) is 8.14. The van der Waals surface area contributed by atoms with Crippen molar-refractivity contribution >= 4 is 22.6 Å². The van der Waals surface area contributed by atoms with Crippen LogP contribution >= 0.6 is 22.6 Å². The van der Waals surface area contributed by atoms with Gasteiger partial charge in [-0.25, -0.2) is 0 Å². The van der Waals surface area contributed by atoms with Crippen molar-refractivity contribution in [3.8, 4) is 11.1 Å². The number of halogens is 1. The predicted molar refractivity (Wildman–Crippen MR) is 102 cm³/mol. The zero-order chi connectivity index (χ0) is 15.3. The highest BCUT2D eigenvalue weighted by Gasteiger charge is 2.45. The van der Waals surface area contributed by atoms with Gasteiger partial charge in [-0.3, -0.25) is 0 Å². The standard InChI is InChI=1S/C21H21I/c1-21(2)19-6-4-3-5-17(19)18-12-9-15(13-20(18)21)14-7-10-16(22)11-8-14/h4,6-13,17,19H,3,5H2,1-2H3. The Morgan fingerprint density at radius 2 is 1.73 bits per heavy atom. The summed E-state index contributed by atoms with van der Waals surface area (Å²) >= 11 is 2.37. The molecule has 22 heavy (non-hydrogen) atoms. The fourth-order valence-corrected chi connectivity index (χ4v) is 4.72. The molecular weight excluding hydrogens is 379 g/mol. The zero-order valence-electron chi connectivity index (χ0n) is 13.1. The van der Waals surface area contributed by atoms with Gasteiger partial charge in [-0.05, 0) is 87.1 Å². The zero-order valence-corrected chi connectivity index (χ0v) is 15.3. The maximum atomic E-state index is 2.47. The lowest BCUT2D eigenvalue weighted by molar-refractivity contribution is 0.347. The highest BCUT2D eigenvalue weighted by Crippen LogP contribution is 2.54. The van der Waals surface area contributed by atoms with Crippen molar-refractivity contribution in [3.63, 3.8) is 0 Å². The van der Waals surface area contributed by atoms with E-state index in [0.29, 0.717) is 5.92 Å². The van der Waals surface area contributed by atoms with Crippen molar-refractivity contribution in [2.45, 2.75) is 38.0 Å². The van der Waals surface area contributed by atoms with Gasteiger partial charge in [-0.2, -0.15) is 0 Å². The van der Waals surface area contributed by atoms with Crippen LogP contribution in [0.25, 0.3) is 11.1 Å². The predicted octanol–water partition coefficient (Wildman–Crippen LogP) is 6.30. The molecule has 0 fully saturated rings. The minimum Gasteiger partial charge on any atom is -0.0882 e. The third kappa shape index (κ3) is 2.17. The first kappa shape index (κ1) is 14.5. The molecule has 2 aliphatic carbocycles. The van der Waals surface area contributed by atoms with Crippen molar-refractivity contribution < 1.29 is 0 Å². The van der Waals surface area contributed by atoms with E-state index >= 15 is 0 Å². The van der Waals surface area contributed by atoms with Crippen molar-refractivity contribution in [2.75, 3.05) is 0 Å². The van der Waals surface area contributed by atoms with Gasteiger partial charge in [0, 0.05) is 3.57 Å². The van der Waals surface area contributed by atoms with Gasteiger partial charge in [0.25, 0.3) is 0 Å². The van der Waals surface area contributed by atoms with Crippen LogP contribution in [0.5, 0.6) is 0 Å². The Morgan fingerprint density at radius 3 is 2.50 bits per heavy atom. The van der Waals surface area contributed by atoms with E-state index in [-0.39, 0.29) is 5.41 Å². The lowest BCUT2D eigenvalue weighted by atomic mass is 9.73. The molecule has 0 saturated heterocycles. The van der Waals surface area contributed by atoms with Gasteiger partial charge in [0.05, 0.1) is 0 Å². The van der Waals surface area contributed by atoms with Gasteiger partial charge in [-0.1, -0.05) is 56.3 Å². The van der Waals surface area contributed by atoms with E-state index in [1.807, 2.05) is 0 Å². The molecule has 4 rings (SSSR count). The van der Waals surface area contributed by atoms with Gasteiger partial charge < -0.3 is 0 Å². The minimum atomic E-state index is 0.246. The smallest absolute Gasteiger partial charge is 0.0130 e. The van der Waals surface area contributed by atoms with Crippen LogP contribution in [0.4, 0.5) is 0 Å². The summed E-state index contributed by atoms with van der Waals surface area (Å²) in [4.78, 5) is 0. The third-order valence-electron chi connectivity index (χ3n) is 5.58. The van der Waals surface area contributed by atoms with Crippen molar-refractivity contribution in [1.29, 1.82) is 0 Å². The summed E-state index contributed by atoms with van der Waals surface area (Å²) in [6.45, 7) is 4.84. The monoisotopic (exact) mass is 400 g/mol. The molecule has 0 aliphatic heterocycles. The van der Waals surface area contributed by atoms with Crippen LogP contribution in [0, 0.1) is 9.49 Å². The van der Waals surface area contributed by atoms with Crippen LogP contribution < -0.4 is 0 Å². The van der Waals surface area contributed by atoms with Gasteiger partial charge in [0.2, 0.25) is 0 Å². The number of fused-ring (bicyclic) bond motifs is 3. The Kier molecular flexibility index (Phi) is 3.44. The Bertz CT molecular complexity index is 737. The second kappa shape index (κ2) is 5.23. The number of benzene rings is 2. The second-order valence-electron chi connectivity index (χ2n) is 7.17. The van der Waals surface area contributed by atoms with E-state index in [4.69, 9.17) is 0 Å². The van der Waals surface area contributed by atoms with Gasteiger partial charge in [-0.15, -0.1) is 0 Å². The average molecular weight is 400 g/mol. The highest BCUT2D eigenvalue weighted by molar-refractivity contribution is 14.1. The molecule has 0 saturated carbocycles. The fourth-order valence-electron chi connectivity index (χ4n) is 4.36. The van der Waals surface area contributed by atoms with Crippen molar-refractivity contribution in [3.05, 3.63) is 69.3 Å². The third-order valence-corrected chi connectivity index (χ3v) is 6.30. The van der Waals surface area contributed by atoms with E-state index in [1.165, 1.54) is 27.5 Å². The molecule has 0 nitrogen and oxygen atoms in total. The molecule has 0 aromatic heterocycles. The first-order valence-corrected chi connectivity index (χ1v) is 9.22. The van der Waals surface area contributed by atoms with E-state index in [2.05, 4.69) is 91.1 Å². The molecule has 2 aromatic carbocycles. The topological polar surface area (TPSA) is 0 Å². The minimum absolute atomic E-state index is 0.246. The highest BCUT2D eigenvalue weighted by atomic mass is 127. The summed E-state index contributed by atoms with van der Waals surface area (Å²) < 4.78 is 1.29. The molecule has 0 radical (unpaired) electrons. The molecule has 0 heterocycles. The molecule has 0 N–H and O–H groups in total.